The summed E-state index contributed by atoms with van der Waals surface area (Å²) in [6.07, 6.45) is 2.50. The zero-order valence-corrected chi connectivity index (χ0v) is 19.8. The molecule has 0 aromatic rings. The first kappa shape index (κ1) is 23.9. The molecule has 0 bridgehead atoms. The fourth-order valence-electron chi connectivity index (χ4n) is 3.65. The van der Waals surface area contributed by atoms with Gasteiger partial charge >= 0.3 is 0 Å². The molecule has 2 rings (SSSR count). The summed E-state index contributed by atoms with van der Waals surface area (Å²) in [5.74, 6) is 1.02. The molecule has 7 heteroatoms. The van der Waals surface area contributed by atoms with Crippen LogP contribution in [0.3, 0.4) is 0 Å². The number of guanidine groups is 1. The van der Waals surface area contributed by atoms with Crippen LogP contribution in [0.5, 0.6) is 0 Å². The zero-order chi connectivity index (χ0) is 18.5. The molecule has 0 aliphatic carbocycles. The predicted octanol–water partition coefficient (Wildman–Crippen LogP) is 2.57. The molecule has 0 aromatic heterocycles. The number of piperidine rings is 1. The van der Waals surface area contributed by atoms with Gasteiger partial charge in [-0.15, -0.1) is 24.0 Å². The van der Waals surface area contributed by atoms with Gasteiger partial charge in [0.2, 0.25) is 0 Å². The third-order valence-electron chi connectivity index (χ3n) is 4.69. The number of likely N-dealkylation sites (tertiary alicyclic amines) is 1. The normalized spacial score (nSPS) is 22.8. The van der Waals surface area contributed by atoms with E-state index in [1.165, 1.54) is 0 Å². The molecule has 2 heterocycles. The second-order valence-corrected chi connectivity index (χ2v) is 8.77. The van der Waals surface area contributed by atoms with Crippen molar-refractivity contribution >= 4 is 29.9 Å². The monoisotopic (exact) mass is 482 g/mol. The Labute approximate surface area is 177 Å². The third-order valence-corrected chi connectivity index (χ3v) is 4.69. The number of hydrogen-bond donors (Lipinski definition) is 1. The molecule has 0 atom stereocenters. The summed E-state index contributed by atoms with van der Waals surface area (Å²) in [7, 11) is 1.87. The predicted molar refractivity (Wildman–Crippen MR) is 119 cm³/mol. The lowest BCUT2D eigenvalue weighted by atomic mass is 10.1. The van der Waals surface area contributed by atoms with Crippen molar-refractivity contribution in [2.45, 2.75) is 64.8 Å². The molecule has 0 saturated carbocycles. The first-order valence-electron chi connectivity index (χ1n) is 9.68. The molecule has 2 aliphatic rings. The minimum Gasteiger partial charge on any atom is -0.373 e. The van der Waals surface area contributed by atoms with Crippen LogP contribution in [0.4, 0.5) is 0 Å². The summed E-state index contributed by atoms with van der Waals surface area (Å²) in [6, 6.07) is 0. The number of halogens is 1. The average Bonchev–Trinajstić information content (AvgIpc) is 2.50. The van der Waals surface area contributed by atoms with Crippen LogP contribution in [0.1, 0.15) is 47.5 Å². The summed E-state index contributed by atoms with van der Waals surface area (Å²) in [4.78, 5) is 9.29. The molecule has 2 saturated heterocycles. The summed E-state index contributed by atoms with van der Waals surface area (Å²) in [5, 5.41) is 3.53. The molecule has 2 aliphatic heterocycles. The highest BCUT2D eigenvalue weighted by Crippen LogP contribution is 2.20. The van der Waals surface area contributed by atoms with Gasteiger partial charge in [-0.25, -0.2) is 0 Å². The van der Waals surface area contributed by atoms with Gasteiger partial charge in [-0.05, 0) is 47.5 Å². The maximum Gasteiger partial charge on any atom is 0.193 e. The molecule has 2 fully saturated rings. The fourth-order valence-corrected chi connectivity index (χ4v) is 3.65. The summed E-state index contributed by atoms with van der Waals surface area (Å²) < 4.78 is 11.9. The standard InChI is InChI=1S/C19H38N4O2.HI/c1-18(2,3)25-16-7-10-23(11-8-16)17(20-6)21-9-12-22-13-14-24-19(4,5)15-22;/h16H,7-15H2,1-6H3,(H,20,21);1H. The SMILES string of the molecule is CN=C(NCCN1CCOC(C)(C)C1)N1CCC(OC(C)(C)C)CC1.I. The maximum absolute atomic E-state index is 6.11. The lowest BCUT2D eigenvalue weighted by molar-refractivity contribution is -0.0852. The van der Waals surface area contributed by atoms with E-state index in [0.717, 1.165) is 64.7 Å². The molecular weight excluding hydrogens is 443 g/mol. The summed E-state index contributed by atoms with van der Waals surface area (Å²) >= 11 is 0. The lowest BCUT2D eigenvalue weighted by Crippen LogP contribution is -2.52. The molecule has 26 heavy (non-hydrogen) atoms. The summed E-state index contributed by atoms with van der Waals surface area (Å²) in [5.41, 5.74) is -0.0897. The van der Waals surface area contributed by atoms with E-state index < -0.39 is 0 Å². The number of rotatable bonds is 4. The van der Waals surface area contributed by atoms with Gasteiger partial charge in [0.25, 0.3) is 0 Å². The van der Waals surface area contributed by atoms with Gasteiger partial charge in [-0.1, -0.05) is 0 Å². The van der Waals surface area contributed by atoms with Crippen LogP contribution in [0.2, 0.25) is 0 Å². The van der Waals surface area contributed by atoms with E-state index >= 15 is 0 Å². The number of nitrogens with one attached hydrogen (secondary N) is 1. The first-order valence-corrected chi connectivity index (χ1v) is 9.68. The van der Waals surface area contributed by atoms with E-state index in [-0.39, 0.29) is 35.2 Å². The number of morpholine rings is 1. The number of nitrogens with zero attached hydrogens (tertiary/aromatic N) is 3. The minimum atomic E-state index is -0.0568. The highest BCUT2D eigenvalue weighted by Gasteiger charge is 2.27. The van der Waals surface area contributed by atoms with Gasteiger partial charge in [0.15, 0.2) is 5.96 Å². The van der Waals surface area contributed by atoms with Crippen LogP contribution in [0.25, 0.3) is 0 Å². The Balaban J connectivity index is 0.00000338. The molecular formula is C19H39IN4O2. The minimum absolute atomic E-state index is 0. The summed E-state index contributed by atoms with van der Waals surface area (Å²) in [6.45, 7) is 17.5. The Bertz CT molecular complexity index is 443. The highest BCUT2D eigenvalue weighted by atomic mass is 127. The Morgan fingerprint density at radius 1 is 1.23 bits per heavy atom. The van der Waals surface area contributed by atoms with E-state index in [1.54, 1.807) is 0 Å². The second kappa shape index (κ2) is 10.4. The largest absolute Gasteiger partial charge is 0.373 e. The van der Waals surface area contributed by atoms with Crippen molar-refractivity contribution in [2.24, 2.45) is 4.99 Å². The van der Waals surface area contributed by atoms with Gasteiger partial charge < -0.3 is 19.7 Å². The topological polar surface area (TPSA) is 49.3 Å². The Kier molecular flexibility index (Phi) is 9.60. The first-order chi connectivity index (χ1) is 11.7. The molecule has 0 aromatic carbocycles. The van der Waals surface area contributed by atoms with E-state index in [0.29, 0.717) is 6.10 Å². The van der Waals surface area contributed by atoms with E-state index in [2.05, 4.69) is 54.7 Å². The van der Waals surface area contributed by atoms with Crippen LogP contribution in [0.15, 0.2) is 4.99 Å². The van der Waals surface area contributed by atoms with Crippen molar-refractivity contribution in [1.29, 1.82) is 0 Å². The number of hydrogen-bond acceptors (Lipinski definition) is 4. The van der Waals surface area contributed by atoms with Crippen molar-refractivity contribution in [3.05, 3.63) is 0 Å². The highest BCUT2D eigenvalue weighted by molar-refractivity contribution is 14.0. The Morgan fingerprint density at radius 3 is 2.42 bits per heavy atom. The van der Waals surface area contributed by atoms with Crippen molar-refractivity contribution in [2.75, 3.05) is 52.9 Å². The van der Waals surface area contributed by atoms with Gasteiger partial charge in [-0.2, -0.15) is 0 Å². The molecule has 6 nitrogen and oxygen atoms in total. The number of ether oxygens (including phenoxy) is 2. The maximum atomic E-state index is 6.11. The van der Waals surface area contributed by atoms with Crippen LogP contribution in [0, 0.1) is 0 Å². The smallest absolute Gasteiger partial charge is 0.193 e. The lowest BCUT2D eigenvalue weighted by Gasteiger charge is -2.39. The molecule has 0 amide bonds. The third kappa shape index (κ3) is 8.27. The van der Waals surface area contributed by atoms with E-state index in [1.807, 2.05) is 7.05 Å². The quantitative estimate of drug-likeness (QED) is 0.379. The van der Waals surface area contributed by atoms with Crippen molar-refractivity contribution in [3.8, 4) is 0 Å². The van der Waals surface area contributed by atoms with Crippen LogP contribution in [-0.2, 0) is 9.47 Å². The van der Waals surface area contributed by atoms with Crippen molar-refractivity contribution < 1.29 is 9.47 Å². The Morgan fingerprint density at radius 2 is 1.88 bits per heavy atom. The van der Waals surface area contributed by atoms with Gasteiger partial charge in [0.05, 0.1) is 23.9 Å². The van der Waals surface area contributed by atoms with Crippen LogP contribution in [-0.4, -0.2) is 86.0 Å². The van der Waals surface area contributed by atoms with Gasteiger partial charge in [0.1, 0.15) is 0 Å². The molecule has 154 valence electrons. The number of aliphatic imine (C=N–C) groups is 1. The van der Waals surface area contributed by atoms with Crippen molar-refractivity contribution in [1.82, 2.24) is 15.1 Å². The van der Waals surface area contributed by atoms with Crippen LogP contribution >= 0.6 is 24.0 Å². The average molecular weight is 482 g/mol. The van der Waals surface area contributed by atoms with E-state index in [9.17, 15) is 0 Å². The van der Waals surface area contributed by atoms with Crippen LogP contribution < -0.4 is 5.32 Å². The molecule has 0 radical (unpaired) electrons. The molecule has 0 unspecified atom stereocenters. The van der Waals surface area contributed by atoms with Gasteiger partial charge in [0, 0.05) is 46.3 Å². The second-order valence-electron chi connectivity index (χ2n) is 8.77. The zero-order valence-electron chi connectivity index (χ0n) is 17.5. The Hall–Kier alpha value is -0.120. The molecule has 1 N–H and O–H groups in total. The van der Waals surface area contributed by atoms with Gasteiger partial charge in [-0.3, -0.25) is 9.89 Å². The molecule has 0 spiro atoms. The fraction of sp³-hybridized carbons (Fsp3) is 0.947. The van der Waals surface area contributed by atoms with Crippen molar-refractivity contribution in [3.63, 3.8) is 0 Å². The van der Waals surface area contributed by atoms with E-state index in [4.69, 9.17) is 9.47 Å².